The van der Waals surface area contributed by atoms with E-state index in [0.717, 1.165) is 18.7 Å². The van der Waals surface area contributed by atoms with Gasteiger partial charge in [0.15, 0.2) is 5.82 Å². The highest BCUT2D eigenvalue weighted by atomic mass is 16.5. The first-order chi connectivity index (χ1) is 11.2. The number of carbonyl (C=O) groups is 1. The first-order valence-corrected chi connectivity index (χ1v) is 7.95. The van der Waals surface area contributed by atoms with Gasteiger partial charge in [0.05, 0.1) is 17.7 Å². The van der Waals surface area contributed by atoms with Crippen LogP contribution in [-0.2, 0) is 0 Å². The van der Waals surface area contributed by atoms with Crippen molar-refractivity contribution in [3.63, 3.8) is 0 Å². The molecular formula is C16H19N3O4. The van der Waals surface area contributed by atoms with E-state index in [1.807, 2.05) is 0 Å². The molecule has 4 rings (SSSR count). The molecule has 1 N–H and O–H groups in total. The molecular weight excluding hydrogens is 298 g/mol. The highest BCUT2D eigenvalue weighted by Gasteiger charge is 2.40. The molecule has 7 nitrogen and oxygen atoms in total. The number of carbonyl (C=O) groups excluding carboxylic acids is 1. The maximum Gasteiger partial charge on any atom is 0.257 e. The lowest BCUT2D eigenvalue weighted by Crippen LogP contribution is -2.29. The molecule has 1 amide bonds. The monoisotopic (exact) mass is 317 g/mol. The maximum atomic E-state index is 12.6. The van der Waals surface area contributed by atoms with Crippen molar-refractivity contribution in [2.45, 2.75) is 31.6 Å². The van der Waals surface area contributed by atoms with Gasteiger partial charge in [0, 0.05) is 31.5 Å². The summed E-state index contributed by atoms with van der Waals surface area (Å²) in [6.45, 7) is 2.71. The van der Waals surface area contributed by atoms with Gasteiger partial charge in [0.2, 0.25) is 5.89 Å². The highest BCUT2D eigenvalue weighted by Crippen LogP contribution is 2.40. The fourth-order valence-electron chi connectivity index (χ4n) is 3.18. The van der Waals surface area contributed by atoms with E-state index >= 15 is 0 Å². The van der Waals surface area contributed by atoms with Crippen molar-refractivity contribution in [2.75, 3.05) is 19.7 Å². The Morgan fingerprint density at radius 3 is 2.91 bits per heavy atom. The number of aliphatic hydroxyl groups is 1. The van der Waals surface area contributed by atoms with Crippen LogP contribution in [0.1, 0.15) is 52.5 Å². The van der Waals surface area contributed by atoms with Crippen molar-refractivity contribution in [1.29, 1.82) is 0 Å². The molecule has 2 aromatic heterocycles. The number of aliphatic hydroxyl groups excluding tert-OH is 1. The second-order valence-corrected chi connectivity index (χ2v) is 6.41. The van der Waals surface area contributed by atoms with Crippen LogP contribution in [0.4, 0.5) is 0 Å². The molecule has 0 bridgehead atoms. The number of nitrogens with zero attached hydrogens (tertiary/aromatic N) is 3. The van der Waals surface area contributed by atoms with Crippen molar-refractivity contribution < 1.29 is 18.8 Å². The lowest BCUT2D eigenvalue weighted by molar-refractivity contribution is 0.0779. The van der Waals surface area contributed by atoms with Gasteiger partial charge < -0.3 is 18.9 Å². The average Bonchev–Trinajstić information content (AvgIpc) is 2.99. The van der Waals surface area contributed by atoms with Gasteiger partial charge in [-0.05, 0) is 25.8 Å². The van der Waals surface area contributed by atoms with E-state index in [-0.39, 0.29) is 24.3 Å². The Hall–Kier alpha value is -2.15. The minimum atomic E-state index is -0.115. The lowest BCUT2D eigenvalue weighted by atomic mass is 9.97. The van der Waals surface area contributed by atoms with Gasteiger partial charge in [0.25, 0.3) is 5.91 Å². The fourth-order valence-corrected chi connectivity index (χ4v) is 3.18. The summed E-state index contributed by atoms with van der Waals surface area (Å²) < 4.78 is 10.6. The number of aryl methyl sites for hydroxylation is 1. The third kappa shape index (κ3) is 2.55. The smallest absolute Gasteiger partial charge is 0.257 e. The van der Waals surface area contributed by atoms with Gasteiger partial charge in [-0.25, -0.2) is 0 Å². The number of rotatable bonds is 4. The lowest BCUT2D eigenvalue weighted by Gasteiger charge is -2.15. The van der Waals surface area contributed by atoms with Crippen LogP contribution in [0.5, 0.6) is 0 Å². The molecule has 23 heavy (non-hydrogen) atoms. The zero-order valence-electron chi connectivity index (χ0n) is 12.9. The van der Waals surface area contributed by atoms with Crippen molar-refractivity contribution in [3.8, 4) is 0 Å². The standard InChI is InChI=1S/C16H19N3O4/c1-9-12(4-5-22-9)16(21)19-6-11(8-20)13(7-19)15-17-14(18-23-15)10-2-3-10/h4-5,10-11,13,20H,2-3,6-8H2,1H3/t11-,13+/m0/s1. The Balaban J connectivity index is 1.54. The molecule has 1 aliphatic heterocycles. The van der Waals surface area contributed by atoms with Gasteiger partial charge in [-0.2, -0.15) is 4.98 Å². The zero-order chi connectivity index (χ0) is 16.0. The second-order valence-electron chi connectivity index (χ2n) is 6.41. The van der Waals surface area contributed by atoms with Crippen LogP contribution in [0.3, 0.4) is 0 Å². The van der Waals surface area contributed by atoms with Crippen molar-refractivity contribution >= 4 is 5.91 Å². The Morgan fingerprint density at radius 2 is 2.26 bits per heavy atom. The number of furan rings is 1. The maximum absolute atomic E-state index is 12.6. The van der Waals surface area contributed by atoms with Crippen LogP contribution < -0.4 is 0 Å². The first-order valence-electron chi connectivity index (χ1n) is 7.95. The molecule has 122 valence electrons. The summed E-state index contributed by atoms with van der Waals surface area (Å²) in [5, 5.41) is 13.7. The molecule has 3 heterocycles. The van der Waals surface area contributed by atoms with E-state index in [4.69, 9.17) is 8.94 Å². The molecule has 0 aromatic carbocycles. The third-order valence-electron chi connectivity index (χ3n) is 4.77. The second kappa shape index (κ2) is 5.49. The van der Waals surface area contributed by atoms with Gasteiger partial charge in [-0.1, -0.05) is 5.16 Å². The molecule has 2 aliphatic rings. The SMILES string of the molecule is Cc1occc1C(=O)N1C[C@@H](CO)[C@H](c2nc(C3CC3)no2)C1. The quantitative estimate of drug-likeness (QED) is 0.922. The molecule has 1 aliphatic carbocycles. The van der Waals surface area contributed by atoms with Gasteiger partial charge in [0.1, 0.15) is 5.76 Å². The minimum absolute atomic E-state index is 0.0139. The largest absolute Gasteiger partial charge is 0.469 e. The predicted octanol–water partition coefficient (Wildman–Crippen LogP) is 1.70. The molecule has 0 radical (unpaired) electrons. The molecule has 0 spiro atoms. The van der Waals surface area contributed by atoms with Crippen molar-refractivity contribution in [1.82, 2.24) is 15.0 Å². The number of likely N-dealkylation sites (tertiary alicyclic amines) is 1. The van der Waals surface area contributed by atoms with E-state index < -0.39 is 0 Å². The Labute approximate surface area is 133 Å². The predicted molar refractivity (Wildman–Crippen MR) is 78.9 cm³/mol. The summed E-state index contributed by atoms with van der Waals surface area (Å²) in [5.41, 5.74) is 0.562. The van der Waals surface area contributed by atoms with E-state index in [0.29, 0.717) is 36.2 Å². The third-order valence-corrected chi connectivity index (χ3v) is 4.77. The summed E-state index contributed by atoms with van der Waals surface area (Å²) in [6.07, 6.45) is 3.73. The Kier molecular flexibility index (Phi) is 3.45. The van der Waals surface area contributed by atoms with Crippen LogP contribution in [-0.4, -0.2) is 45.8 Å². The van der Waals surface area contributed by atoms with Gasteiger partial charge in [-0.3, -0.25) is 4.79 Å². The number of hydrogen-bond acceptors (Lipinski definition) is 6. The van der Waals surface area contributed by atoms with E-state index in [1.54, 1.807) is 17.9 Å². The van der Waals surface area contributed by atoms with Crippen LogP contribution >= 0.6 is 0 Å². The summed E-state index contributed by atoms with van der Waals surface area (Å²) in [4.78, 5) is 18.8. The van der Waals surface area contributed by atoms with E-state index in [1.165, 1.54) is 6.26 Å². The van der Waals surface area contributed by atoms with Crippen LogP contribution in [0.15, 0.2) is 21.3 Å². The van der Waals surface area contributed by atoms with Gasteiger partial charge >= 0.3 is 0 Å². The number of aromatic nitrogens is 2. The van der Waals surface area contributed by atoms with Crippen LogP contribution in [0.25, 0.3) is 0 Å². The Bertz CT molecular complexity index is 718. The van der Waals surface area contributed by atoms with Crippen LogP contribution in [0, 0.1) is 12.8 Å². The van der Waals surface area contributed by atoms with Crippen molar-refractivity contribution in [3.05, 3.63) is 35.4 Å². The highest BCUT2D eigenvalue weighted by molar-refractivity contribution is 5.95. The topological polar surface area (TPSA) is 92.6 Å². The molecule has 7 heteroatoms. The summed E-state index contributed by atoms with van der Waals surface area (Å²) >= 11 is 0. The molecule has 2 fully saturated rings. The summed E-state index contributed by atoms with van der Waals surface area (Å²) in [6, 6.07) is 1.68. The van der Waals surface area contributed by atoms with Crippen molar-refractivity contribution in [2.24, 2.45) is 5.92 Å². The zero-order valence-corrected chi connectivity index (χ0v) is 12.9. The summed E-state index contributed by atoms with van der Waals surface area (Å²) in [7, 11) is 0. The van der Waals surface area contributed by atoms with Gasteiger partial charge in [-0.15, -0.1) is 0 Å². The molecule has 0 unspecified atom stereocenters. The normalized spacial score (nSPS) is 24.3. The Morgan fingerprint density at radius 1 is 1.43 bits per heavy atom. The molecule has 1 saturated carbocycles. The van der Waals surface area contributed by atoms with E-state index in [9.17, 15) is 9.90 Å². The molecule has 2 atom stereocenters. The number of amides is 1. The molecule has 2 aromatic rings. The van der Waals surface area contributed by atoms with E-state index in [2.05, 4.69) is 10.1 Å². The summed E-state index contributed by atoms with van der Waals surface area (Å²) in [5.74, 6) is 2.03. The fraction of sp³-hybridized carbons (Fsp3) is 0.562. The molecule has 1 saturated heterocycles. The van der Waals surface area contributed by atoms with Crippen LogP contribution in [0.2, 0.25) is 0 Å². The first kappa shape index (κ1) is 14.4. The minimum Gasteiger partial charge on any atom is -0.469 e. The number of hydrogen-bond donors (Lipinski definition) is 1. The average molecular weight is 317 g/mol.